The number of nitrogens with zero attached hydrogens (tertiary/aromatic N) is 6. The minimum Gasteiger partial charge on any atom is -0.463 e. The van der Waals surface area contributed by atoms with E-state index in [4.69, 9.17) is 4.74 Å². The molecule has 1 saturated carbocycles. The number of rotatable bonds is 10. The third-order valence-electron chi connectivity index (χ3n) is 7.53. The van der Waals surface area contributed by atoms with E-state index in [1.165, 1.54) is 23.7 Å². The standard InChI is InChI=1S/C29H33BrF6N6O2/c1-4-41(15-19-5-8-25(9-6-19)44-18(2)43)26-10-7-24(30)13-21(26)17-42(27-37-39-40(3)38-27)16-20-11-22(28(31,32)33)14-23(12-20)29(34,35)36/h7,10-14,19,25H,4-6,8-9,15-17H2,1-3H3. The molecule has 1 aliphatic carbocycles. The van der Waals surface area contributed by atoms with E-state index in [1.807, 2.05) is 25.1 Å². The van der Waals surface area contributed by atoms with Crippen molar-refractivity contribution in [2.45, 2.75) is 71.1 Å². The van der Waals surface area contributed by atoms with Crippen molar-refractivity contribution in [1.82, 2.24) is 20.2 Å². The normalized spacial score (nSPS) is 17.4. The van der Waals surface area contributed by atoms with Crippen LogP contribution in [0, 0.1) is 5.92 Å². The summed E-state index contributed by atoms with van der Waals surface area (Å²) < 4.78 is 87.7. The molecule has 1 aliphatic rings. The van der Waals surface area contributed by atoms with Gasteiger partial charge < -0.3 is 14.5 Å². The van der Waals surface area contributed by atoms with Gasteiger partial charge in [-0.05, 0) is 91.3 Å². The van der Waals surface area contributed by atoms with Crippen LogP contribution in [0.3, 0.4) is 0 Å². The molecule has 0 bridgehead atoms. The summed E-state index contributed by atoms with van der Waals surface area (Å²) in [5.74, 6) is 0.114. The number of anilines is 2. The van der Waals surface area contributed by atoms with E-state index in [9.17, 15) is 31.1 Å². The predicted octanol–water partition coefficient (Wildman–Crippen LogP) is 7.17. The highest BCUT2D eigenvalue weighted by Crippen LogP contribution is 2.37. The summed E-state index contributed by atoms with van der Waals surface area (Å²) in [7, 11) is 1.51. The second-order valence-corrected chi connectivity index (χ2v) is 11.8. The number of tetrazole rings is 1. The lowest BCUT2D eigenvalue weighted by molar-refractivity contribution is -0.148. The number of aromatic nitrogens is 4. The molecule has 0 unspecified atom stereocenters. The van der Waals surface area contributed by atoms with E-state index >= 15 is 0 Å². The molecular formula is C29H33BrF6N6O2. The summed E-state index contributed by atoms with van der Waals surface area (Å²) in [4.78, 5) is 16.2. The fourth-order valence-electron chi connectivity index (χ4n) is 5.50. The summed E-state index contributed by atoms with van der Waals surface area (Å²) in [5, 5.41) is 12.0. The molecule has 0 amide bonds. The highest BCUT2D eigenvalue weighted by Gasteiger charge is 2.37. The number of hydrogen-bond acceptors (Lipinski definition) is 7. The minimum atomic E-state index is -4.97. The lowest BCUT2D eigenvalue weighted by Crippen LogP contribution is -2.34. The van der Waals surface area contributed by atoms with Gasteiger partial charge in [0.25, 0.3) is 5.95 Å². The van der Waals surface area contributed by atoms with Gasteiger partial charge in [-0.1, -0.05) is 21.0 Å². The van der Waals surface area contributed by atoms with Crippen LogP contribution < -0.4 is 9.80 Å². The topological polar surface area (TPSA) is 76.4 Å². The smallest absolute Gasteiger partial charge is 0.416 e. The molecule has 1 aromatic heterocycles. The first kappa shape index (κ1) is 33.5. The Kier molecular flexibility index (Phi) is 10.5. The summed E-state index contributed by atoms with van der Waals surface area (Å²) in [5.41, 5.74) is -1.35. The summed E-state index contributed by atoms with van der Waals surface area (Å²) in [6.07, 6.45) is -6.70. The number of esters is 1. The van der Waals surface area contributed by atoms with Gasteiger partial charge in [-0.2, -0.15) is 31.1 Å². The fraction of sp³-hybridized carbons (Fsp3) is 0.517. The van der Waals surface area contributed by atoms with Crippen LogP contribution in [0.1, 0.15) is 61.8 Å². The molecule has 0 spiro atoms. The van der Waals surface area contributed by atoms with E-state index in [0.29, 0.717) is 24.6 Å². The Morgan fingerprint density at radius 2 is 1.61 bits per heavy atom. The second kappa shape index (κ2) is 13.7. The number of benzene rings is 2. The zero-order valence-electron chi connectivity index (χ0n) is 24.4. The Balaban J connectivity index is 1.64. The van der Waals surface area contributed by atoms with Crippen molar-refractivity contribution >= 4 is 33.5 Å². The minimum absolute atomic E-state index is 0.0521. The molecule has 1 fully saturated rings. The Bertz CT molecular complexity index is 1410. The Labute approximate surface area is 259 Å². The van der Waals surface area contributed by atoms with E-state index in [2.05, 4.69) is 36.2 Å². The third-order valence-corrected chi connectivity index (χ3v) is 8.02. The van der Waals surface area contributed by atoms with Crippen LogP contribution in [-0.2, 0) is 42.0 Å². The van der Waals surface area contributed by atoms with Gasteiger partial charge in [-0.3, -0.25) is 4.79 Å². The average Bonchev–Trinajstić information content (AvgIpc) is 3.37. The Morgan fingerprint density at radius 1 is 0.977 bits per heavy atom. The maximum absolute atomic E-state index is 13.6. The zero-order valence-corrected chi connectivity index (χ0v) is 26.0. The molecule has 4 rings (SSSR count). The number of hydrogen-bond donors (Lipinski definition) is 0. The number of alkyl halides is 6. The van der Waals surface area contributed by atoms with Crippen molar-refractivity contribution in [2.24, 2.45) is 13.0 Å². The lowest BCUT2D eigenvalue weighted by atomic mass is 9.86. The molecule has 0 N–H and O–H groups in total. The fourth-order valence-corrected chi connectivity index (χ4v) is 5.91. The second-order valence-electron chi connectivity index (χ2n) is 10.9. The van der Waals surface area contributed by atoms with Crippen LogP contribution in [0.25, 0.3) is 0 Å². The molecule has 0 saturated heterocycles. The third kappa shape index (κ3) is 8.85. The number of carbonyl (C=O) groups excluding carboxylic acids is 1. The summed E-state index contributed by atoms with van der Waals surface area (Å²) in [6.45, 7) is 4.54. The van der Waals surface area contributed by atoms with Crippen LogP contribution in [0.2, 0.25) is 0 Å². The van der Waals surface area contributed by atoms with Crippen LogP contribution >= 0.6 is 15.9 Å². The molecular weight excluding hydrogens is 658 g/mol. The lowest BCUT2D eigenvalue weighted by Gasteiger charge is -2.34. The quantitative estimate of drug-likeness (QED) is 0.165. The largest absolute Gasteiger partial charge is 0.463 e. The van der Waals surface area contributed by atoms with Gasteiger partial charge in [0.15, 0.2) is 0 Å². The van der Waals surface area contributed by atoms with Crippen molar-refractivity contribution in [3.05, 3.63) is 63.1 Å². The molecule has 1 heterocycles. The molecule has 0 atom stereocenters. The van der Waals surface area contributed by atoms with Crippen molar-refractivity contribution in [2.75, 3.05) is 22.9 Å². The molecule has 3 aromatic rings. The maximum atomic E-state index is 13.6. The van der Waals surface area contributed by atoms with Crippen LogP contribution in [-0.4, -0.2) is 45.4 Å². The first-order valence-electron chi connectivity index (χ1n) is 14.1. The molecule has 44 heavy (non-hydrogen) atoms. The van der Waals surface area contributed by atoms with Crippen molar-refractivity contribution in [1.29, 1.82) is 0 Å². The van der Waals surface area contributed by atoms with Gasteiger partial charge in [0.2, 0.25) is 0 Å². The van der Waals surface area contributed by atoms with Crippen LogP contribution in [0.15, 0.2) is 40.9 Å². The molecule has 0 radical (unpaired) electrons. The highest BCUT2D eigenvalue weighted by atomic mass is 79.9. The number of ether oxygens (including phenoxy) is 1. The molecule has 240 valence electrons. The Morgan fingerprint density at radius 3 is 2.14 bits per heavy atom. The molecule has 15 heteroatoms. The zero-order chi connectivity index (χ0) is 32.2. The average molecular weight is 692 g/mol. The summed E-state index contributed by atoms with van der Waals surface area (Å²) in [6, 6.07) is 7.22. The van der Waals surface area contributed by atoms with Crippen molar-refractivity contribution < 1.29 is 35.9 Å². The number of aryl methyl sites for hydroxylation is 1. The van der Waals surface area contributed by atoms with Gasteiger partial charge >= 0.3 is 18.3 Å². The highest BCUT2D eigenvalue weighted by molar-refractivity contribution is 9.10. The van der Waals surface area contributed by atoms with E-state index in [0.717, 1.165) is 48.0 Å². The molecule has 2 aromatic carbocycles. The van der Waals surface area contributed by atoms with E-state index < -0.39 is 23.5 Å². The molecule has 8 nitrogen and oxygen atoms in total. The van der Waals surface area contributed by atoms with Gasteiger partial charge in [-0.15, -0.1) is 5.10 Å². The number of halogens is 7. The molecule has 0 aliphatic heterocycles. The van der Waals surface area contributed by atoms with E-state index in [-0.39, 0.29) is 42.7 Å². The van der Waals surface area contributed by atoms with Crippen LogP contribution in [0.5, 0.6) is 0 Å². The summed E-state index contributed by atoms with van der Waals surface area (Å²) >= 11 is 3.50. The van der Waals surface area contributed by atoms with Crippen molar-refractivity contribution in [3.8, 4) is 0 Å². The first-order chi connectivity index (χ1) is 20.6. The van der Waals surface area contributed by atoms with Gasteiger partial charge in [0.1, 0.15) is 6.10 Å². The van der Waals surface area contributed by atoms with Crippen LogP contribution in [0.4, 0.5) is 38.0 Å². The SMILES string of the molecule is CCN(CC1CCC(OC(C)=O)CC1)c1ccc(Br)cc1CN(Cc1cc(C(F)(F)F)cc(C(F)(F)F)c1)c1nnn(C)n1. The van der Waals surface area contributed by atoms with Crippen molar-refractivity contribution in [3.63, 3.8) is 0 Å². The Hall–Kier alpha value is -3.36. The van der Waals surface area contributed by atoms with Gasteiger partial charge in [-0.25, -0.2) is 0 Å². The predicted molar refractivity (Wildman–Crippen MR) is 155 cm³/mol. The number of carbonyl (C=O) groups is 1. The van der Waals surface area contributed by atoms with Gasteiger partial charge in [0, 0.05) is 43.3 Å². The maximum Gasteiger partial charge on any atom is 0.416 e. The monoisotopic (exact) mass is 690 g/mol. The van der Waals surface area contributed by atoms with Gasteiger partial charge in [0.05, 0.1) is 18.2 Å². The first-order valence-corrected chi connectivity index (χ1v) is 14.9. The van der Waals surface area contributed by atoms with E-state index in [1.54, 1.807) is 0 Å².